The maximum atomic E-state index is 5.40. The minimum Gasteiger partial charge on any atom is -0.389 e. The molecule has 12 heavy (non-hydrogen) atoms. The predicted molar refractivity (Wildman–Crippen MR) is 56.0 cm³/mol. The number of nitrogens with zero attached hydrogens (tertiary/aromatic N) is 1. The van der Waals surface area contributed by atoms with Crippen molar-refractivity contribution >= 4 is 34.4 Å². The van der Waals surface area contributed by atoms with Crippen LogP contribution in [0.5, 0.6) is 0 Å². The molecule has 1 aromatic rings. The molecule has 0 spiro atoms. The summed E-state index contributed by atoms with van der Waals surface area (Å²) in [6.45, 7) is 0. The van der Waals surface area contributed by atoms with Crippen molar-refractivity contribution in [3.05, 3.63) is 29.6 Å². The lowest BCUT2D eigenvalue weighted by atomic mass is 10.2. The molecule has 0 radical (unpaired) electrons. The van der Waals surface area contributed by atoms with Gasteiger partial charge in [-0.25, -0.2) is 0 Å². The number of hydrogen-bond donors (Lipinski definition) is 2. The molecule has 1 rings (SSSR count). The van der Waals surface area contributed by atoms with Gasteiger partial charge in [0.1, 0.15) is 9.98 Å². The van der Waals surface area contributed by atoms with Crippen LogP contribution in [0.3, 0.4) is 0 Å². The number of aromatic nitrogens is 1. The second kappa shape index (κ2) is 3.55. The van der Waals surface area contributed by atoms with Gasteiger partial charge in [-0.05, 0) is 12.1 Å². The van der Waals surface area contributed by atoms with E-state index in [-0.39, 0.29) is 4.99 Å². The molecule has 0 saturated carbocycles. The van der Waals surface area contributed by atoms with E-state index in [9.17, 15) is 0 Å². The summed E-state index contributed by atoms with van der Waals surface area (Å²) in [5.74, 6) is 0. The Bertz CT molecular complexity index is 306. The summed E-state index contributed by atoms with van der Waals surface area (Å²) >= 11 is 9.51. The van der Waals surface area contributed by atoms with Gasteiger partial charge in [-0.3, -0.25) is 4.98 Å². The Morgan fingerprint density at radius 2 is 1.92 bits per heavy atom. The molecule has 1 aromatic heterocycles. The third kappa shape index (κ3) is 1.96. The largest absolute Gasteiger partial charge is 0.389 e. The lowest BCUT2D eigenvalue weighted by molar-refractivity contribution is 1.28. The summed E-state index contributed by atoms with van der Waals surface area (Å²) in [5.41, 5.74) is 12.0. The van der Waals surface area contributed by atoms with Gasteiger partial charge in [0.2, 0.25) is 0 Å². The van der Waals surface area contributed by atoms with Gasteiger partial charge in [-0.1, -0.05) is 24.4 Å². The highest BCUT2D eigenvalue weighted by Crippen LogP contribution is 2.01. The van der Waals surface area contributed by atoms with E-state index in [2.05, 4.69) is 4.98 Å². The summed E-state index contributed by atoms with van der Waals surface area (Å²) in [6, 6.07) is 3.38. The summed E-state index contributed by atoms with van der Waals surface area (Å²) < 4.78 is 0. The Morgan fingerprint density at radius 3 is 2.42 bits per heavy atom. The third-order valence-electron chi connectivity index (χ3n) is 1.30. The van der Waals surface area contributed by atoms with Crippen LogP contribution in [-0.2, 0) is 0 Å². The second-order valence-electron chi connectivity index (χ2n) is 2.16. The Labute approximate surface area is 80.8 Å². The standard InChI is InChI=1S/C7H7N3S2/c8-6(11)4-1-2-10-5(3-4)7(9)12/h1-3H,(H2,8,11)(H2,9,12). The normalized spacial score (nSPS) is 9.33. The molecular formula is C7H7N3S2. The Morgan fingerprint density at radius 1 is 1.25 bits per heavy atom. The fraction of sp³-hybridized carbons (Fsp3) is 0. The van der Waals surface area contributed by atoms with Crippen LogP contribution in [0.2, 0.25) is 0 Å². The van der Waals surface area contributed by atoms with Crippen molar-refractivity contribution < 1.29 is 0 Å². The molecule has 0 aromatic carbocycles. The van der Waals surface area contributed by atoms with E-state index in [1.54, 1.807) is 18.3 Å². The fourth-order valence-electron chi connectivity index (χ4n) is 0.719. The number of thiocarbonyl (C=S) groups is 2. The summed E-state index contributed by atoms with van der Waals surface area (Å²) in [4.78, 5) is 4.50. The number of rotatable bonds is 2. The van der Waals surface area contributed by atoms with Gasteiger partial charge in [-0.2, -0.15) is 0 Å². The first kappa shape index (κ1) is 9.02. The molecule has 0 amide bonds. The maximum absolute atomic E-state index is 5.40. The lowest BCUT2D eigenvalue weighted by Gasteiger charge is -1.99. The molecule has 5 heteroatoms. The molecule has 4 N–H and O–H groups in total. The van der Waals surface area contributed by atoms with Gasteiger partial charge in [0.15, 0.2) is 0 Å². The fourth-order valence-corrected chi connectivity index (χ4v) is 0.957. The van der Waals surface area contributed by atoms with E-state index in [4.69, 9.17) is 35.9 Å². The monoisotopic (exact) mass is 197 g/mol. The summed E-state index contributed by atoms with van der Waals surface area (Å²) in [5, 5.41) is 0. The zero-order chi connectivity index (χ0) is 9.14. The van der Waals surface area contributed by atoms with Crippen LogP contribution < -0.4 is 11.5 Å². The second-order valence-corrected chi connectivity index (χ2v) is 3.04. The highest BCUT2D eigenvalue weighted by Gasteiger charge is 2.00. The van der Waals surface area contributed by atoms with E-state index in [0.29, 0.717) is 10.7 Å². The Balaban J connectivity index is 3.12. The molecule has 0 fully saturated rings. The topological polar surface area (TPSA) is 64.9 Å². The average molecular weight is 197 g/mol. The van der Waals surface area contributed by atoms with E-state index in [0.717, 1.165) is 5.56 Å². The maximum Gasteiger partial charge on any atom is 0.122 e. The van der Waals surface area contributed by atoms with Gasteiger partial charge < -0.3 is 11.5 Å². The van der Waals surface area contributed by atoms with Crippen molar-refractivity contribution in [3.63, 3.8) is 0 Å². The van der Waals surface area contributed by atoms with Crippen LogP contribution in [0.4, 0.5) is 0 Å². The van der Waals surface area contributed by atoms with Crippen LogP contribution in [0.15, 0.2) is 18.3 Å². The SMILES string of the molecule is NC(=S)c1ccnc(C(N)=S)c1. The van der Waals surface area contributed by atoms with E-state index in [1.807, 2.05) is 0 Å². The molecule has 62 valence electrons. The minimum absolute atomic E-state index is 0.244. The number of nitrogens with two attached hydrogens (primary N) is 2. The molecule has 0 bridgehead atoms. The lowest BCUT2D eigenvalue weighted by Crippen LogP contribution is -2.15. The first-order valence-electron chi connectivity index (χ1n) is 3.17. The van der Waals surface area contributed by atoms with E-state index in [1.165, 1.54) is 0 Å². The van der Waals surface area contributed by atoms with Crippen molar-refractivity contribution in [3.8, 4) is 0 Å². The smallest absolute Gasteiger partial charge is 0.122 e. The molecule has 1 heterocycles. The molecule has 3 nitrogen and oxygen atoms in total. The Kier molecular flexibility index (Phi) is 2.67. The summed E-state index contributed by atoms with van der Waals surface area (Å²) in [6.07, 6.45) is 1.57. The van der Waals surface area contributed by atoms with Gasteiger partial charge >= 0.3 is 0 Å². The molecule has 0 aliphatic carbocycles. The molecule has 0 unspecified atom stereocenters. The molecule has 0 saturated heterocycles. The van der Waals surface area contributed by atoms with Crippen molar-refractivity contribution in [1.29, 1.82) is 0 Å². The van der Waals surface area contributed by atoms with Crippen LogP contribution in [0, 0.1) is 0 Å². The Hall–Kier alpha value is -1.07. The van der Waals surface area contributed by atoms with Crippen LogP contribution in [-0.4, -0.2) is 15.0 Å². The average Bonchev–Trinajstić information content (AvgIpc) is 2.04. The van der Waals surface area contributed by atoms with Gasteiger partial charge in [-0.15, -0.1) is 0 Å². The highest BCUT2D eigenvalue weighted by atomic mass is 32.1. The molecule has 0 aliphatic heterocycles. The van der Waals surface area contributed by atoms with Crippen LogP contribution in [0.1, 0.15) is 11.3 Å². The first-order chi connectivity index (χ1) is 5.61. The zero-order valence-electron chi connectivity index (χ0n) is 6.15. The van der Waals surface area contributed by atoms with E-state index >= 15 is 0 Å². The predicted octanol–water partition coefficient (Wildman–Crippen LogP) is 0.350. The zero-order valence-corrected chi connectivity index (χ0v) is 7.78. The van der Waals surface area contributed by atoms with Crippen molar-refractivity contribution in [2.45, 2.75) is 0 Å². The van der Waals surface area contributed by atoms with Crippen LogP contribution in [0.25, 0.3) is 0 Å². The van der Waals surface area contributed by atoms with Crippen molar-refractivity contribution in [2.75, 3.05) is 0 Å². The molecule has 0 aliphatic rings. The number of hydrogen-bond acceptors (Lipinski definition) is 3. The quantitative estimate of drug-likeness (QED) is 0.670. The molecular weight excluding hydrogens is 190 g/mol. The third-order valence-corrected chi connectivity index (χ3v) is 1.74. The van der Waals surface area contributed by atoms with Crippen LogP contribution >= 0.6 is 24.4 Å². The first-order valence-corrected chi connectivity index (χ1v) is 3.98. The highest BCUT2D eigenvalue weighted by molar-refractivity contribution is 7.81. The van der Waals surface area contributed by atoms with Gasteiger partial charge in [0, 0.05) is 11.8 Å². The molecule has 0 atom stereocenters. The van der Waals surface area contributed by atoms with Gasteiger partial charge in [0.25, 0.3) is 0 Å². The van der Waals surface area contributed by atoms with Crippen molar-refractivity contribution in [2.24, 2.45) is 11.5 Å². The number of pyridine rings is 1. The van der Waals surface area contributed by atoms with E-state index < -0.39 is 0 Å². The minimum atomic E-state index is 0.244. The summed E-state index contributed by atoms with van der Waals surface area (Å²) in [7, 11) is 0. The van der Waals surface area contributed by atoms with Gasteiger partial charge in [0.05, 0.1) is 5.69 Å². The van der Waals surface area contributed by atoms with Crippen molar-refractivity contribution in [1.82, 2.24) is 4.98 Å².